The Morgan fingerprint density at radius 2 is 1.89 bits per heavy atom. The number of phosphoric acid groups is 1. The van der Waals surface area contributed by atoms with Crippen LogP contribution in [0.15, 0.2) is 12.2 Å². The Balaban J connectivity index is 2.71. The van der Waals surface area contributed by atoms with Gasteiger partial charge in [-0.2, -0.15) is 0 Å². The van der Waals surface area contributed by atoms with Crippen LogP contribution >= 0.6 is 7.82 Å². The molecular formula is C13H25O4P. The van der Waals surface area contributed by atoms with Gasteiger partial charge < -0.3 is 0 Å². The highest BCUT2D eigenvalue weighted by molar-refractivity contribution is 7.48. The van der Waals surface area contributed by atoms with Crippen LogP contribution in [0.5, 0.6) is 0 Å². The maximum absolute atomic E-state index is 12.4. The van der Waals surface area contributed by atoms with Gasteiger partial charge in [0.1, 0.15) is 0 Å². The maximum atomic E-state index is 12.4. The van der Waals surface area contributed by atoms with Gasteiger partial charge in [-0.25, -0.2) is 4.57 Å². The summed E-state index contributed by atoms with van der Waals surface area (Å²) in [4.78, 5) is 0. The summed E-state index contributed by atoms with van der Waals surface area (Å²) in [7, 11) is -3.39. The van der Waals surface area contributed by atoms with Gasteiger partial charge in [-0.3, -0.25) is 13.6 Å². The fourth-order valence-corrected chi connectivity index (χ4v) is 3.58. The molecule has 1 aliphatic rings. The molecule has 1 rings (SSSR count). The Morgan fingerprint density at radius 1 is 1.22 bits per heavy atom. The van der Waals surface area contributed by atoms with Crippen molar-refractivity contribution in [1.82, 2.24) is 0 Å². The lowest BCUT2D eigenvalue weighted by molar-refractivity contribution is 0.0601. The Kier molecular flexibility index (Phi) is 7.16. The molecule has 0 radical (unpaired) electrons. The second kappa shape index (κ2) is 8.11. The first-order chi connectivity index (χ1) is 8.65. The summed E-state index contributed by atoms with van der Waals surface area (Å²) in [6, 6.07) is 0. The molecule has 0 amide bonds. The van der Waals surface area contributed by atoms with Gasteiger partial charge in [0.15, 0.2) is 0 Å². The lowest BCUT2D eigenvalue weighted by Gasteiger charge is -2.26. The molecule has 1 aliphatic carbocycles. The van der Waals surface area contributed by atoms with Gasteiger partial charge >= 0.3 is 7.82 Å². The molecule has 0 aromatic carbocycles. The zero-order chi connectivity index (χ0) is 13.4. The quantitative estimate of drug-likeness (QED) is 0.513. The van der Waals surface area contributed by atoms with Crippen molar-refractivity contribution in [2.24, 2.45) is 5.92 Å². The third kappa shape index (κ3) is 4.85. The fourth-order valence-electron chi connectivity index (χ4n) is 2.16. The lowest BCUT2D eigenvalue weighted by atomic mass is 9.98. The third-order valence-electron chi connectivity index (χ3n) is 3.03. The molecule has 0 aromatic rings. The van der Waals surface area contributed by atoms with Crippen LogP contribution in [0.2, 0.25) is 0 Å². The van der Waals surface area contributed by atoms with Crippen LogP contribution in [-0.4, -0.2) is 19.3 Å². The molecule has 2 atom stereocenters. The average Bonchev–Trinajstić information content (AvgIpc) is 2.54. The summed E-state index contributed by atoms with van der Waals surface area (Å²) < 4.78 is 28.5. The molecule has 0 N–H and O–H groups in total. The van der Waals surface area contributed by atoms with Gasteiger partial charge in [0, 0.05) is 5.92 Å². The first-order valence-corrected chi connectivity index (χ1v) is 8.35. The molecule has 0 bridgehead atoms. The normalized spacial score (nSPS) is 25.1. The molecular weight excluding hydrogens is 251 g/mol. The number of phosphoric ester groups is 1. The molecule has 0 unspecified atom stereocenters. The number of hydrogen-bond acceptors (Lipinski definition) is 4. The van der Waals surface area contributed by atoms with Crippen molar-refractivity contribution in [2.75, 3.05) is 13.2 Å². The summed E-state index contributed by atoms with van der Waals surface area (Å²) in [5.41, 5.74) is 0. The van der Waals surface area contributed by atoms with E-state index in [4.69, 9.17) is 13.6 Å². The molecule has 0 spiro atoms. The van der Waals surface area contributed by atoms with E-state index >= 15 is 0 Å². The van der Waals surface area contributed by atoms with E-state index in [1.165, 1.54) is 0 Å². The van der Waals surface area contributed by atoms with Crippen LogP contribution in [0.1, 0.15) is 46.5 Å². The Hall–Kier alpha value is -0.150. The van der Waals surface area contributed by atoms with E-state index in [2.05, 4.69) is 19.1 Å². The van der Waals surface area contributed by atoms with Crippen molar-refractivity contribution in [3.8, 4) is 0 Å². The number of rotatable bonds is 7. The summed E-state index contributed by atoms with van der Waals surface area (Å²) in [5.74, 6) is 0.293. The smallest absolute Gasteiger partial charge is 0.287 e. The topological polar surface area (TPSA) is 44.8 Å². The van der Waals surface area contributed by atoms with Crippen molar-refractivity contribution in [3.05, 3.63) is 12.2 Å². The second-order valence-electron chi connectivity index (χ2n) is 4.36. The molecule has 0 aliphatic heterocycles. The Labute approximate surface area is 110 Å². The highest BCUT2D eigenvalue weighted by Crippen LogP contribution is 2.52. The van der Waals surface area contributed by atoms with Gasteiger partial charge in [-0.05, 0) is 39.5 Å². The summed E-state index contributed by atoms with van der Waals surface area (Å²) >= 11 is 0. The minimum Gasteiger partial charge on any atom is -0.287 e. The van der Waals surface area contributed by atoms with Crippen LogP contribution < -0.4 is 0 Å². The molecule has 18 heavy (non-hydrogen) atoms. The maximum Gasteiger partial charge on any atom is 0.475 e. The second-order valence-corrected chi connectivity index (χ2v) is 5.98. The molecule has 5 heteroatoms. The Bertz CT molecular complexity index is 293. The molecule has 0 fully saturated rings. The van der Waals surface area contributed by atoms with E-state index < -0.39 is 7.82 Å². The largest absolute Gasteiger partial charge is 0.475 e. The fraction of sp³-hybridized carbons (Fsp3) is 0.846. The standard InChI is InChI=1S/C13H25O4P/c1-4-12-10-8-7-9-11-13(12)17-18(14,15-5-2)16-6-3/h8,10,12-13H,4-7,9,11H2,1-3H3/t12-,13+/m0/s1. The molecule has 106 valence electrons. The summed E-state index contributed by atoms with van der Waals surface area (Å²) in [6.45, 7) is 6.36. The van der Waals surface area contributed by atoms with Crippen LogP contribution in [0.4, 0.5) is 0 Å². The molecule has 0 aromatic heterocycles. The number of hydrogen-bond donors (Lipinski definition) is 0. The van der Waals surface area contributed by atoms with Gasteiger partial charge in [-0.1, -0.05) is 19.1 Å². The van der Waals surface area contributed by atoms with Crippen molar-refractivity contribution < 1.29 is 18.1 Å². The van der Waals surface area contributed by atoms with Crippen LogP contribution in [0.25, 0.3) is 0 Å². The van der Waals surface area contributed by atoms with E-state index in [1.54, 1.807) is 13.8 Å². The molecule has 0 heterocycles. The first kappa shape index (κ1) is 15.9. The monoisotopic (exact) mass is 276 g/mol. The van der Waals surface area contributed by atoms with Crippen molar-refractivity contribution in [1.29, 1.82) is 0 Å². The zero-order valence-corrected chi connectivity index (χ0v) is 12.5. The third-order valence-corrected chi connectivity index (χ3v) is 4.71. The van der Waals surface area contributed by atoms with Gasteiger partial charge in [0.05, 0.1) is 19.3 Å². The predicted molar refractivity (Wildman–Crippen MR) is 72.5 cm³/mol. The van der Waals surface area contributed by atoms with E-state index in [0.717, 1.165) is 25.7 Å². The molecule has 0 saturated heterocycles. The zero-order valence-electron chi connectivity index (χ0n) is 11.6. The van der Waals surface area contributed by atoms with Crippen molar-refractivity contribution in [3.63, 3.8) is 0 Å². The van der Waals surface area contributed by atoms with E-state index in [1.807, 2.05) is 0 Å². The SMILES string of the molecule is CCOP(=O)(OCC)O[C@@H]1CCCC=C[C@@H]1CC. The van der Waals surface area contributed by atoms with Crippen molar-refractivity contribution in [2.45, 2.75) is 52.6 Å². The van der Waals surface area contributed by atoms with Crippen LogP contribution in [0.3, 0.4) is 0 Å². The lowest BCUT2D eigenvalue weighted by Crippen LogP contribution is -2.21. The van der Waals surface area contributed by atoms with E-state index in [0.29, 0.717) is 19.1 Å². The molecule has 0 saturated carbocycles. The van der Waals surface area contributed by atoms with Gasteiger partial charge in [-0.15, -0.1) is 0 Å². The minimum atomic E-state index is -3.39. The van der Waals surface area contributed by atoms with Crippen molar-refractivity contribution >= 4 is 7.82 Å². The highest BCUT2D eigenvalue weighted by Gasteiger charge is 2.33. The minimum absolute atomic E-state index is 0.0716. The molecule has 4 nitrogen and oxygen atoms in total. The van der Waals surface area contributed by atoms with E-state index in [-0.39, 0.29) is 6.10 Å². The predicted octanol–water partition coefficient (Wildman–Crippen LogP) is 4.32. The highest BCUT2D eigenvalue weighted by atomic mass is 31.2. The van der Waals surface area contributed by atoms with Gasteiger partial charge in [0.2, 0.25) is 0 Å². The Morgan fingerprint density at radius 3 is 2.44 bits per heavy atom. The number of allylic oxidation sites excluding steroid dienone is 1. The van der Waals surface area contributed by atoms with Crippen LogP contribution in [0, 0.1) is 5.92 Å². The van der Waals surface area contributed by atoms with Crippen LogP contribution in [-0.2, 0) is 18.1 Å². The average molecular weight is 276 g/mol. The first-order valence-electron chi connectivity index (χ1n) is 6.89. The summed E-state index contributed by atoms with van der Waals surface area (Å²) in [5, 5.41) is 0. The summed E-state index contributed by atoms with van der Waals surface area (Å²) in [6.07, 6.45) is 8.26. The van der Waals surface area contributed by atoms with E-state index in [9.17, 15) is 4.57 Å². The van der Waals surface area contributed by atoms with Gasteiger partial charge in [0.25, 0.3) is 0 Å².